The molecule has 0 unspecified atom stereocenters. The Morgan fingerprint density at radius 3 is 2.62 bits per heavy atom. The molecule has 0 aromatic heterocycles. The van der Waals surface area contributed by atoms with E-state index in [1.165, 1.54) is 0 Å². The Morgan fingerprint density at radius 2 is 2.12 bits per heavy atom. The molecule has 0 atom stereocenters. The average molecular weight is 225 g/mol. The van der Waals surface area contributed by atoms with Gasteiger partial charge in [-0.05, 0) is 13.8 Å². The molecule has 0 aromatic rings. The van der Waals surface area contributed by atoms with Crippen LogP contribution in [0.3, 0.4) is 0 Å². The van der Waals surface area contributed by atoms with Crippen LogP contribution >= 0.6 is 0 Å². The maximum Gasteiger partial charge on any atom is 0.237 e. The molecule has 1 aliphatic heterocycles. The molecule has 0 spiro atoms. The van der Waals surface area contributed by atoms with Crippen molar-refractivity contribution in [2.45, 2.75) is 19.9 Å². The monoisotopic (exact) mass is 225 g/mol. The van der Waals surface area contributed by atoms with E-state index >= 15 is 0 Å². The second kappa shape index (κ2) is 6.66. The van der Waals surface area contributed by atoms with Gasteiger partial charge in [0.2, 0.25) is 5.91 Å². The molecule has 4 nitrogen and oxygen atoms in total. The van der Waals surface area contributed by atoms with Crippen LogP contribution in [0.2, 0.25) is 0 Å². The highest BCUT2D eigenvalue weighted by molar-refractivity contribution is 5.78. The third-order valence-corrected chi connectivity index (χ3v) is 2.84. The first-order valence-corrected chi connectivity index (χ1v) is 5.98. The van der Waals surface area contributed by atoms with E-state index in [0.717, 1.165) is 26.2 Å². The third-order valence-electron chi connectivity index (χ3n) is 2.84. The Kier molecular flexibility index (Phi) is 5.49. The maximum absolute atomic E-state index is 12.1. The van der Waals surface area contributed by atoms with E-state index in [-0.39, 0.29) is 11.9 Å². The molecule has 0 saturated carbocycles. The molecule has 0 radical (unpaired) electrons. The van der Waals surface area contributed by atoms with Crippen LogP contribution in [0.4, 0.5) is 0 Å². The maximum atomic E-state index is 12.1. The quantitative estimate of drug-likeness (QED) is 0.684. The van der Waals surface area contributed by atoms with E-state index in [1.807, 2.05) is 18.7 Å². The summed E-state index contributed by atoms with van der Waals surface area (Å²) in [5.41, 5.74) is 0. The van der Waals surface area contributed by atoms with Gasteiger partial charge in [0.1, 0.15) is 0 Å². The molecular formula is C12H23N3O. The van der Waals surface area contributed by atoms with Gasteiger partial charge in [0.15, 0.2) is 0 Å². The zero-order chi connectivity index (χ0) is 12.0. The van der Waals surface area contributed by atoms with E-state index in [1.54, 1.807) is 6.08 Å². The van der Waals surface area contributed by atoms with Crippen LogP contribution in [-0.4, -0.2) is 61.0 Å². The molecule has 1 fully saturated rings. The normalized spacial score (nSPS) is 17.4. The van der Waals surface area contributed by atoms with Gasteiger partial charge in [0, 0.05) is 38.8 Å². The fourth-order valence-corrected chi connectivity index (χ4v) is 1.89. The summed E-state index contributed by atoms with van der Waals surface area (Å²) in [4.78, 5) is 16.1. The van der Waals surface area contributed by atoms with Crippen molar-refractivity contribution in [2.75, 3.05) is 39.3 Å². The van der Waals surface area contributed by atoms with Crippen LogP contribution < -0.4 is 5.32 Å². The number of rotatable bonds is 5. The van der Waals surface area contributed by atoms with Crippen molar-refractivity contribution in [1.29, 1.82) is 0 Å². The van der Waals surface area contributed by atoms with Gasteiger partial charge in [-0.1, -0.05) is 6.08 Å². The van der Waals surface area contributed by atoms with Gasteiger partial charge in [-0.15, -0.1) is 6.58 Å². The van der Waals surface area contributed by atoms with Crippen LogP contribution in [0.15, 0.2) is 12.7 Å². The van der Waals surface area contributed by atoms with E-state index in [0.29, 0.717) is 13.1 Å². The predicted molar refractivity (Wildman–Crippen MR) is 66.4 cm³/mol. The molecule has 1 saturated heterocycles. The lowest BCUT2D eigenvalue weighted by Crippen LogP contribution is -2.49. The molecule has 16 heavy (non-hydrogen) atoms. The fourth-order valence-electron chi connectivity index (χ4n) is 1.89. The number of nitrogens with zero attached hydrogens (tertiary/aromatic N) is 2. The smallest absolute Gasteiger partial charge is 0.237 e. The van der Waals surface area contributed by atoms with E-state index < -0.39 is 0 Å². The van der Waals surface area contributed by atoms with Gasteiger partial charge in [-0.3, -0.25) is 9.69 Å². The van der Waals surface area contributed by atoms with Crippen LogP contribution in [0.5, 0.6) is 0 Å². The lowest BCUT2D eigenvalue weighted by molar-refractivity contribution is -0.133. The predicted octanol–water partition coefficient (Wildman–Crippen LogP) is 0.315. The molecule has 0 bridgehead atoms. The van der Waals surface area contributed by atoms with Gasteiger partial charge >= 0.3 is 0 Å². The SMILES string of the molecule is C=CCN(C(=O)CN1CCNCC1)C(C)C. The summed E-state index contributed by atoms with van der Waals surface area (Å²) >= 11 is 0. The number of hydrogen-bond donors (Lipinski definition) is 1. The minimum absolute atomic E-state index is 0.205. The topological polar surface area (TPSA) is 35.6 Å². The zero-order valence-corrected chi connectivity index (χ0v) is 10.4. The molecule has 1 N–H and O–H groups in total. The highest BCUT2D eigenvalue weighted by Gasteiger charge is 2.19. The largest absolute Gasteiger partial charge is 0.335 e. The van der Waals surface area contributed by atoms with E-state index in [4.69, 9.17) is 0 Å². The summed E-state index contributed by atoms with van der Waals surface area (Å²) in [6.07, 6.45) is 1.79. The summed E-state index contributed by atoms with van der Waals surface area (Å²) in [7, 11) is 0. The summed E-state index contributed by atoms with van der Waals surface area (Å²) < 4.78 is 0. The van der Waals surface area contributed by atoms with Crippen molar-refractivity contribution in [3.8, 4) is 0 Å². The number of carbonyl (C=O) groups is 1. The molecule has 0 aliphatic carbocycles. The Bertz CT molecular complexity index is 234. The second-order valence-electron chi connectivity index (χ2n) is 4.45. The van der Waals surface area contributed by atoms with Crippen molar-refractivity contribution in [1.82, 2.24) is 15.1 Å². The van der Waals surface area contributed by atoms with Gasteiger partial charge in [0.25, 0.3) is 0 Å². The summed E-state index contributed by atoms with van der Waals surface area (Å²) in [6, 6.07) is 0.244. The van der Waals surface area contributed by atoms with E-state index in [2.05, 4.69) is 16.8 Å². The van der Waals surface area contributed by atoms with Gasteiger partial charge in [-0.2, -0.15) is 0 Å². The Labute approximate surface area is 98.3 Å². The minimum atomic E-state index is 0.205. The van der Waals surface area contributed by atoms with Crippen molar-refractivity contribution < 1.29 is 4.79 Å². The Morgan fingerprint density at radius 1 is 1.50 bits per heavy atom. The van der Waals surface area contributed by atoms with Crippen LogP contribution in [-0.2, 0) is 4.79 Å². The molecule has 0 aromatic carbocycles. The number of carbonyl (C=O) groups excluding carboxylic acids is 1. The molecule has 1 heterocycles. The fraction of sp³-hybridized carbons (Fsp3) is 0.750. The number of amides is 1. The number of piperazine rings is 1. The van der Waals surface area contributed by atoms with Crippen molar-refractivity contribution in [3.63, 3.8) is 0 Å². The standard InChI is InChI=1S/C12H23N3O/c1-4-7-15(11(2)3)12(16)10-14-8-5-13-6-9-14/h4,11,13H,1,5-10H2,2-3H3. The Balaban J connectivity index is 2.43. The van der Waals surface area contributed by atoms with Crippen molar-refractivity contribution >= 4 is 5.91 Å². The van der Waals surface area contributed by atoms with E-state index in [9.17, 15) is 4.79 Å². The van der Waals surface area contributed by atoms with Crippen molar-refractivity contribution in [2.24, 2.45) is 0 Å². The molecule has 1 rings (SSSR count). The first-order chi connectivity index (χ1) is 7.65. The van der Waals surface area contributed by atoms with Crippen LogP contribution in [0.25, 0.3) is 0 Å². The van der Waals surface area contributed by atoms with Crippen molar-refractivity contribution in [3.05, 3.63) is 12.7 Å². The highest BCUT2D eigenvalue weighted by atomic mass is 16.2. The third kappa shape index (κ3) is 3.94. The molecule has 92 valence electrons. The molecule has 1 aliphatic rings. The number of nitrogens with one attached hydrogen (secondary N) is 1. The average Bonchev–Trinajstić information content (AvgIpc) is 2.26. The minimum Gasteiger partial charge on any atom is -0.335 e. The zero-order valence-electron chi connectivity index (χ0n) is 10.4. The molecular weight excluding hydrogens is 202 g/mol. The first kappa shape index (κ1) is 13.2. The summed E-state index contributed by atoms with van der Waals surface area (Å²) in [6.45, 7) is 12.8. The molecule has 1 amide bonds. The molecule has 4 heteroatoms. The lowest BCUT2D eigenvalue weighted by Gasteiger charge is -2.31. The second-order valence-corrected chi connectivity index (χ2v) is 4.45. The van der Waals surface area contributed by atoms with Gasteiger partial charge < -0.3 is 10.2 Å². The van der Waals surface area contributed by atoms with Gasteiger partial charge in [-0.25, -0.2) is 0 Å². The Hall–Kier alpha value is -0.870. The number of hydrogen-bond acceptors (Lipinski definition) is 3. The highest BCUT2D eigenvalue weighted by Crippen LogP contribution is 2.02. The van der Waals surface area contributed by atoms with Crippen LogP contribution in [0.1, 0.15) is 13.8 Å². The summed E-state index contributed by atoms with van der Waals surface area (Å²) in [5.74, 6) is 0.205. The summed E-state index contributed by atoms with van der Waals surface area (Å²) in [5, 5.41) is 3.28. The van der Waals surface area contributed by atoms with Gasteiger partial charge in [0.05, 0.1) is 6.54 Å². The first-order valence-electron chi connectivity index (χ1n) is 5.98. The van der Waals surface area contributed by atoms with Crippen LogP contribution in [0, 0.1) is 0 Å². The lowest BCUT2D eigenvalue weighted by atomic mass is 10.3.